The van der Waals surface area contributed by atoms with Gasteiger partial charge in [0.25, 0.3) is 0 Å². The highest BCUT2D eigenvalue weighted by Crippen LogP contribution is 2.58. The second-order valence-corrected chi connectivity index (χ2v) is 9.27. The number of carbonyl (C=O) groups is 1. The Balaban J connectivity index is 2.25. The molecule has 1 aromatic carbocycles. The fourth-order valence-electron chi connectivity index (χ4n) is 3.03. The standard InChI is InChI=1S/C17H25Cl2N2O5P/c18-6-8-20(9-7-19)27(25)21(10-11-22)13-15-12-14(2-1-3-17(23)24)4-5-16(15)26-27/h4-5,12,22H,1-3,6-11,13H2,(H,23,24). The summed E-state index contributed by atoms with van der Waals surface area (Å²) in [5.74, 6) is 0.285. The van der Waals surface area contributed by atoms with Crippen LogP contribution >= 0.6 is 30.9 Å². The molecule has 0 saturated heterocycles. The number of benzene rings is 1. The molecule has 1 heterocycles. The Morgan fingerprint density at radius 3 is 2.59 bits per heavy atom. The van der Waals surface area contributed by atoms with Crippen molar-refractivity contribution in [3.63, 3.8) is 0 Å². The van der Waals surface area contributed by atoms with Crippen molar-refractivity contribution in [3.8, 4) is 5.75 Å². The zero-order valence-corrected chi connectivity index (χ0v) is 17.4. The first-order valence-corrected chi connectivity index (χ1v) is 11.4. The minimum absolute atomic E-state index is 0.116. The van der Waals surface area contributed by atoms with E-state index in [-0.39, 0.29) is 31.3 Å². The maximum Gasteiger partial charge on any atom is 0.396 e. The molecule has 1 aliphatic heterocycles. The molecule has 0 bridgehead atoms. The zero-order valence-electron chi connectivity index (χ0n) is 15.0. The molecule has 10 heteroatoms. The normalized spacial score (nSPS) is 19.7. The van der Waals surface area contributed by atoms with Gasteiger partial charge >= 0.3 is 13.6 Å². The van der Waals surface area contributed by atoms with Gasteiger partial charge in [0.1, 0.15) is 5.75 Å². The third-order valence-electron chi connectivity index (χ3n) is 4.31. The number of aliphatic carboxylic acids is 1. The van der Waals surface area contributed by atoms with Crippen LogP contribution in [-0.2, 0) is 22.3 Å². The van der Waals surface area contributed by atoms with Gasteiger partial charge in [0, 0.05) is 49.9 Å². The molecule has 0 aromatic heterocycles. The highest BCUT2D eigenvalue weighted by Gasteiger charge is 2.43. The van der Waals surface area contributed by atoms with Crippen LogP contribution in [0, 0.1) is 0 Å². The number of carboxylic acid groups (broad SMARTS) is 1. The zero-order chi connectivity index (χ0) is 19.9. The molecule has 2 rings (SSSR count). The third kappa shape index (κ3) is 5.83. The lowest BCUT2D eigenvalue weighted by Crippen LogP contribution is -2.39. The first kappa shape index (κ1) is 22.5. The average molecular weight is 439 g/mol. The number of rotatable bonds is 11. The van der Waals surface area contributed by atoms with E-state index in [0.29, 0.717) is 38.2 Å². The van der Waals surface area contributed by atoms with E-state index in [1.807, 2.05) is 12.1 Å². The summed E-state index contributed by atoms with van der Waals surface area (Å²) >= 11 is 11.7. The minimum Gasteiger partial charge on any atom is -0.481 e. The number of aliphatic hydroxyl groups is 1. The van der Waals surface area contributed by atoms with Crippen molar-refractivity contribution in [2.45, 2.75) is 25.8 Å². The summed E-state index contributed by atoms with van der Waals surface area (Å²) in [6.45, 7) is 1.12. The topological polar surface area (TPSA) is 90.3 Å². The van der Waals surface area contributed by atoms with Crippen molar-refractivity contribution in [2.75, 3.05) is 38.0 Å². The van der Waals surface area contributed by atoms with Gasteiger partial charge in [-0.2, -0.15) is 0 Å². The number of carboxylic acids is 1. The molecule has 0 radical (unpaired) electrons. The van der Waals surface area contributed by atoms with E-state index in [9.17, 15) is 14.5 Å². The Kier molecular flexibility index (Phi) is 8.86. The molecule has 0 saturated carbocycles. The number of aliphatic hydroxyl groups excluding tert-OH is 1. The minimum atomic E-state index is -3.40. The van der Waals surface area contributed by atoms with Crippen LogP contribution < -0.4 is 4.52 Å². The van der Waals surface area contributed by atoms with E-state index < -0.39 is 13.6 Å². The van der Waals surface area contributed by atoms with Crippen molar-refractivity contribution >= 4 is 36.8 Å². The van der Waals surface area contributed by atoms with Crippen LogP contribution in [0.4, 0.5) is 0 Å². The van der Waals surface area contributed by atoms with Gasteiger partial charge in [-0.25, -0.2) is 13.9 Å². The molecule has 1 aliphatic rings. The SMILES string of the molecule is O=C(O)CCCc1ccc2c(c1)CN(CCO)P(=O)(N(CCCl)CCCl)O2. The Morgan fingerprint density at radius 2 is 2.00 bits per heavy atom. The van der Waals surface area contributed by atoms with Gasteiger partial charge < -0.3 is 14.7 Å². The molecule has 1 atom stereocenters. The number of hydrogen-bond donors (Lipinski definition) is 2. The number of halogens is 2. The van der Waals surface area contributed by atoms with Gasteiger partial charge in [-0.3, -0.25) is 4.79 Å². The second-order valence-electron chi connectivity index (χ2n) is 6.21. The summed E-state index contributed by atoms with van der Waals surface area (Å²) in [5.41, 5.74) is 1.86. The van der Waals surface area contributed by atoms with Gasteiger partial charge in [-0.15, -0.1) is 23.2 Å². The maximum atomic E-state index is 13.7. The average Bonchev–Trinajstić information content (AvgIpc) is 2.62. The number of hydrogen-bond acceptors (Lipinski definition) is 4. The predicted octanol–water partition coefficient (Wildman–Crippen LogP) is 3.17. The number of aryl methyl sites for hydroxylation is 1. The van der Waals surface area contributed by atoms with E-state index in [0.717, 1.165) is 11.1 Å². The van der Waals surface area contributed by atoms with E-state index in [2.05, 4.69) is 0 Å². The fourth-order valence-corrected chi connectivity index (χ4v) is 6.08. The maximum absolute atomic E-state index is 13.7. The molecule has 7 nitrogen and oxygen atoms in total. The number of alkyl halides is 2. The number of β-amino-alcohol motifs (C(OH)–C–C–N with tert-alkyl or cyclic N) is 1. The fraction of sp³-hybridized carbons (Fsp3) is 0.588. The molecular formula is C17H25Cl2N2O5P. The van der Waals surface area contributed by atoms with Crippen LogP contribution in [0.25, 0.3) is 0 Å². The predicted molar refractivity (Wildman–Crippen MR) is 106 cm³/mol. The van der Waals surface area contributed by atoms with Crippen LogP contribution in [0.3, 0.4) is 0 Å². The Labute approximate surface area is 169 Å². The third-order valence-corrected chi connectivity index (χ3v) is 7.25. The van der Waals surface area contributed by atoms with Crippen LogP contribution in [0.1, 0.15) is 24.0 Å². The molecular weight excluding hydrogens is 414 g/mol. The van der Waals surface area contributed by atoms with E-state index >= 15 is 0 Å². The molecule has 0 amide bonds. The summed E-state index contributed by atoms with van der Waals surface area (Å²) in [6.07, 6.45) is 1.31. The Morgan fingerprint density at radius 1 is 1.30 bits per heavy atom. The van der Waals surface area contributed by atoms with Crippen molar-refractivity contribution in [1.82, 2.24) is 9.34 Å². The van der Waals surface area contributed by atoms with Crippen LogP contribution in [0.5, 0.6) is 5.75 Å². The van der Waals surface area contributed by atoms with Gasteiger partial charge in [-0.05, 0) is 24.5 Å². The van der Waals surface area contributed by atoms with E-state index in [4.69, 9.17) is 32.8 Å². The van der Waals surface area contributed by atoms with Gasteiger partial charge in [-0.1, -0.05) is 12.1 Å². The van der Waals surface area contributed by atoms with Crippen LogP contribution in [0.15, 0.2) is 18.2 Å². The Hall–Kier alpha value is -0.820. The lowest BCUT2D eigenvalue weighted by atomic mass is 10.0. The lowest BCUT2D eigenvalue weighted by Gasteiger charge is -2.41. The molecule has 152 valence electrons. The van der Waals surface area contributed by atoms with Crippen molar-refractivity contribution in [2.24, 2.45) is 0 Å². The Bertz CT molecular complexity index is 685. The first-order valence-electron chi connectivity index (χ1n) is 8.81. The summed E-state index contributed by atoms with van der Waals surface area (Å²) in [4.78, 5) is 10.7. The summed E-state index contributed by atoms with van der Waals surface area (Å²) in [6, 6.07) is 5.58. The largest absolute Gasteiger partial charge is 0.481 e. The summed E-state index contributed by atoms with van der Waals surface area (Å²) < 4.78 is 22.9. The van der Waals surface area contributed by atoms with Crippen LogP contribution in [-0.4, -0.2) is 63.5 Å². The first-order chi connectivity index (χ1) is 12.9. The van der Waals surface area contributed by atoms with Gasteiger partial charge in [0.15, 0.2) is 0 Å². The lowest BCUT2D eigenvalue weighted by molar-refractivity contribution is -0.137. The highest BCUT2D eigenvalue weighted by atomic mass is 35.5. The number of nitrogens with zero attached hydrogens (tertiary/aromatic N) is 2. The molecule has 1 aromatic rings. The molecule has 0 aliphatic carbocycles. The second kappa shape index (κ2) is 10.6. The van der Waals surface area contributed by atoms with E-state index in [1.165, 1.54) is 0 Å². The highest BCUT2D eigenvalue weighted by molar-refractivity contribution is 7.54. The smallest absolute Gasteiger partial charge is 0.396 e. The summed E-state index contributed by atoms with van der Waals surface area (Å²) in [7, 11) is -3.40. The van der Waals surface area contributed by atoms with Crippen molar-refractivity contribution in [1.29, 1.82) is 0 Å². The van der Waals surface area contributed by atoms with Crippen molar-refractivity contribution in [3.05, 3.63) is 29.3 Å². The van der Waals surface area contributed by atoms with E-state index in [1.54, 1.807) is 15.4 Å². The molecule has 1 unspecified atom stereocenters. The quantitative estimate of drug-likeness (QED) is 0.404. The van der Waals surface area contributed by atoms with Gasteiger partial charge in [0.2, 0.25) is 0 Å². The van der Waals surface area contributed by atoms with Gasteiger partial charge in [0.05, 0.1) is 6.61 Å². The number of fused-ring (bicyclic) bond motifs is 1. The molecule has 27 heavy (non-hydrogen) atoms. The molecule has 0 spiro atoms. The monoisotopic (exact) mass is 438 g/mol. The molecule has 2 N–H and O–H groups in total. The summed E-state index contributed by atoms with van der Waals surface area (Å²) in [5, 5.41) is 18.2. The van der Waals surface area contributed by atoms with Crippen LogP contribution in [0.2, 0.25) is 0 Å². The molecule has 0 fully saturated rings. The van der Waals surface area contributed by atoms with Crippen molar-refractivity contribution < 1.29 is 24.1 Å².